The normalized spacial score (nSPS) is 13.7. The summed E-state index contributed by atoms with van der Waals surface area (Å²) in [7, 11) is 1.22. The lowest BCUT2D eigenvalue weighted by Gasteiger charge is -2.45. The first-order chi connectivity index (χ1) is 37.2. The number of halogens is 1. The summed E-state index contributed by atoms with van der Waals surface area (Å²) in [5, 5.41) is 18.7. The molecule has 0 bridgehead atoms. The molecule has 17 heteroatoms. The van der Waals surface area contributed by atoms with Crippen molar-refractivity contribution in [2.75, 3.05) is 46.8 Å². The van der Waals surface area contributed by atoms with Gasteiger partial charge in [0.2, 0.25) is 18.6 Å². The highest BCUT2D eigenvalue weighted by molar-refractivity contribution is 14.1. The monoisotopic (exact) mass is 1190 g/mol. The standard InChI is InChI=1S/C61H72IN3O12Si/c1-39-32-43(52(62)56(53(39)71-12)72-35-42-22-16-13-17-23-42)33-49(64-59(68)77-60(4,5)6)58(67)65(41(3)57(66)63-44-28-30-45(70-11)31-29-44)50(48-34-51(73-37-69-10)40(2)54-55(48)75-38-74-54)36-76-78(61(7,8)9,46-24-18-14-19-25-46)47-26-20-15-21-27-47/h13-32,34,41,49-50H,33,35-38H2,1-12H3,(H,63,66)(H,64,68)/p-1/t41?,49-,50-/m0/s1. The lowest BCUT2D eigenvalue weighted by atomic mass is 9.96. The second kappa shape index (κ2) is 25.8. The Labute approximate surface area is 473 Å². The molecule has 0 saturated heterocycles. The second-order valence-corrected chi connectivity index (χ2v) is 26.4. The second-order valence-electron chi connectivity index (χ2n) is 21.0. The Morgan fingerprint density at radius 1 is 0.795 bits per heavy atom. The largest absolute Gasteiger partial charge is 0.595 e. The van der Waals surface area contributed by atoms with Crippen LogP contribution in [0.5, 0.6) is 34.5 Å². The molecule has 1 aliphatic heterocycles. The number of aliphatic imine (C=N–C) groups is 1. The maximum atomic E-state index is 16.6. The van der Waals surface area contributed by atoms with Crippen LogP contribution in [-0.2, 0) is 36.5 Å². The van der Waals surface area contributed by atoms with E-state index in [2.05, 4.69) is 77.9 Å². The van der Waals surface area contributed by atoms with Crippen molar-refractivity contribution >= 4 is 64.9 Å². The Morgan fingerprint density at radius 3 is 1.96 bits per heavy atom. The molecule has 1 aliphatic rings. The summed E-state index contributed by atoms with van der Waals surface area (Å²) in [6.45, 7) is 16.8. The van der Waals surface area contributed by atoms with E-state index in [1.165, 1.54) is 12.0 Å². The number of rotatable bonds is 22. The van der Waals surface area contributed by atoms with E-state index in [0.29, 0.717) is 60.4 Å². The highest BCUT2D eigenvalue weighted by atomic mass is 127. The van der Waals surface area contributed by atoms with Crippen LogP contribution in [0, 0.1) is 17.4 Å². The number of benzene rings is 6. The molecule has 1 heterocycles. The van der Waals surface area contributed by atoms with Gasteiger partial charge in [0.05, 0.1) is 30.4 Å². The van der Waals surface area contributed by atoms with Gasteiger partial charge in [-0.2, -0.15) is 0 Å². The van der Waals surface area contributed by atoms with Crippen LogP contribution in [0.2, 0.25) is 5.04 Å². The molecule has 6 aromatic rings. The predicted octanol–water partition coefficient (Wildman–Crippen LogP) is 9.83. The molecular formula is C61H71IN3O12Si-. The van der Waals surface area contributed by atoms with Gasteiger partial charge in [0.15, 0.2) is 29.8 Å². The van der Waals surface area contributed by atoms with Crippen molar-refractivity contribution in [3.05, 3.63) is 159 Å². The lowest BCUT2D eigenvalue weighted by Crippen LogP contribution is -2.67. The fourth-order valence-corrected chi connectivity index (χ4v) is 15.1. The van der Waals surface area contributed by atoms with E-state index in [0.717, 1.165) is 21.5 Å². The van der Waals surface area contributed by atoms with Crippen molar-refractivity contribution in [2.24, 2.45) is 4.99 Å². The van der Waals surface area contributed by atoms with Crippen LogP contribution in [0.15, 0.2) is 132 Å². The first-order valence-electron chi connectivity index (χ1n) is 25.7. The number of amides is 2. The number of aryl methyl sites for hydroxylation is 1. The minimum absolute atomic E-state index is 0.111. The predicted molar refractivity (Wildman–Crippen MR) is 311 cm³/mol. The minimum atomic E-state index is -3.43. The Hall–Kier alpha value is -6.80. The van der Waals surface area contributed by atoms with E-state index < -0.39 is 55.0 Å². The Bertz CT molecular complexity index is 2980. The van der Waals surface area contributed by atoms with Gasteiger partial charge in [-0.05, 0) is 106 Å². The zero-order valence-corrected chi connectivity index (χ0v) is 49.7. The van der Waals surface area contributed by atoms with Crippen molar-refractivity contribution in [1.29, 1.82) is 0 Å². The Balaban J connectivity index is 1.49. The molecule has 0 fully saturated rings. The summed E-state index contributed by atoms with van der Waals surface area (Å²) in [6, 6.07) is 36.5. The van der Waals surface area contributed by atoms with Crippen molar-refractivity contribution < 1.29 is 57.0 Å². The molecule has 1 unspecified atom stereocenters. The minimum Gasteiger partial charge on any atom is -0.595 e. The van der Waals surface area contributed by atoms with Crippen LogP contribution in [-0.4, -0.2) is 90.3 Å². The van der Waals surface area contributed by atoms with E-state index in [1.807, 2.05) is 86.6 Å². The van der Waals surface area contributed by atoms with Gasteiger partial charge in [-0.25, -0.2) is 0 Å². The zero-order chi connectivity index (χ0) is 56.4. The first-order valence-corrected chi connectivity index (χ1v) is 28.7. The third kappa shape index (κ3) is 13.5. The maximum absolute atomic E-state index is 16.6. The number of carbonyl (C=O) groups excluding carboxylic acids is 2. The molecule has 0 aliphatic carbocycles. The molecule has 6 aromatic carbocycles. The summed E-state index contributed by atoms with van der Waals surface area (Å²) in [6.07, 6.45) is -1.11. The van der Waals surface area contributed by atoms with E-state index in [-0.39, 0.29) is 33.2 Å². The fraction of sp³-hybridized carbons (Fsp3) is 0.361. The summed E-state index contributed by atoms with van der Waals surface area (Å²) >= 11 is 2.19. The van der Waals surface area contributed by atoms with Gasteiger partial charge < -0.3 is 57.6 Å². The van der Waals surface area contributed by atoms with Crippen molar-refractivity contribution in [3.8, 4) is 34.5 Å². The number of hydrogen-bond donors (Lipinski definition) is 1. The molecule has 2 amide bonds. The van der Waals surface area contributed by atoms with E-state index in [4.69, 9.17) is 42.3 Å². The van der Waals surface area contributed by atoms with Gasteiger partial charge in [0.1, 0.15) is 36.3 Å². The van der Waals surface area contributed by atoms with E-state index in [9.17, 15) is 5.11 Å². The molecule has 0 aromatic heterocycles. The van der Waals surface area contributed by atoms with Gasteiger partial charge in [0, 0.05) is 35.9 Å². The van der Waals surface area contributed by atoms with Crippen molar-refractivity contribution in [1.82, 2.24) is 4.90 Å². The molecule has 414 valence electrons. The Kier molecular flexibility index (Phi) is 19.5. The number of nitrogens with zero attached hydrogens (tertiary/aromatic N) is 2. The smallest absolute Gasteiger partial charge is 0.261 e. The molecule has 78 heavy (non-hydrogen) atoms. The Morgan fingerprint density at radius 2 is 1.40 bits per heavy atom. The quantitative estimate of drug-likeness (QED) is 0.0225. The molecule has 7 rings (SSSR count). The average Bonchev–Trinajstić information content (AvgIpc) is 4.01. The maximum Gasteiger partial charge on any atom is 0.261 e. The number of hydrogen-bond acceptors (Lipinski definition) is 13. The van der Waals surface area contributed by atoms with Crippen LogP contribution in [0.25, 0.3) is 0 Å². The molecule has 15 nitrogen and oxygen atoms in total. The number of carbonyl (C=O) groups is 2. The summed E-state index contributed by atoms with van der Waals surface area (Å²) < 4.78 is 56.3. The van der Waals surface area contributed by atoms with Crippen LogP contribution in [0.3, 0.4) is 0 Å². The highest BCUT2D eigenvalue weighted by Gasteiger charge is 2.52. The third-order valence-corrected chi connectivity index (χ3v) is 19.6. The van der Waals surface area contributed by atoms with Crippen LogP contribution >= 0.6 is 22.6 Å². The molecule has 0 spiro atoms. The van der Waals surface area contributed by atoms with Gasteiger partial charge in [-0.15, -0.1) is 0 Å². The third-order valence-electron chi connectivity index (χ3n) is 13.4. The summed E-state index contributed by atoms with van der Waals surface area (Å²) in [4.78, 5) is 37.9. The lowest BCUT2D eigenvalue weighted by molar-refractivity contribution is -0.261. The zero-order valence-electron chi connectivity index (χ0n) is 46.6. The van der Waals surface area contributed by atoms with Gasteiger partial charge >= 0.3 is 0 Å². The summed E-state index contributed by atoms with van der Waals surface area (Å²) in [5.74, 6) is 1.41. The van der Waals surface area contributed by atoms with Crippen LogP contribution < -0.4 is 49.2 Å². The van der Waals surface area contributed by atoms with Crippen LogP contribution in [0.1, 0.15) is 82.3 Å². The molecular weight excluding hydrogens is 1120 g/mol. The topological polar surface area (TPSA) is 168 Å². The van der Waals surface area contributed by atoms with Gasteiger partial charge in [-0.3, -0.25) is 14.6 Å². The first kappa shape index (κ1) is 58.9. The van der Waals surface area contributed by atoms with Crippen molar-refractivity contribution in [3.63, 3.8) is 0 Å². The summed E-state index contributed by atoms with van der Waals surface area (Å²) in [5.41, 5.74) is 2.79. The number of ether oxygens (including phenoxy) is 8. The molecule has 1 N–H and O–H groups in total. The number of nitrogens with one attached hydrogen (secondary N) is 1. The number of fused-ring (bicyclic) bond motifs is 1. The van der Waals surface area contributed by atoms with E-state index in [1.54, 1.807) is 72.2 Å². The van der Waals surface area contributed by atoms with Gasteiger partial charge in [-0.1, -0.05) is 139 Å². The fourth-order valence-electron chi connectivity index (χ4n) is 9.73. The highest BCUT2D eigenvalue weighted by Crippen LogP contribution is 2.49. The average molecular weight is 1190 g/mol. The van der Waals surface area contributed by atoms with Crippen LogP contribution in [0.4, 0.5) is 5.69 Å². The SMILES string of the molecule is COCOc1cc([C@H](CO[Si](c2ccccc2)(c2ccccc2)C(C)(C)C)N(C(=O)[C@H](Cc2cc(C)c(OC)c(OCc3ccccc3)c2I)N=C([O-])OC(C)(C)C)C(C)C(=O)Nc2ccc(OC)cc2)c2c(c1C)OCO2. The number of methoxy groups -OCH3 is 3. The molecule has 0 radical (unpaired) electrons. The molecule has 0 saturated carbocycles. The van der Waals surface area contributed by atoms with E-state index >= 15 is 9.59 Å². The number of anilines is 1. The van der Waals surface area contributed by atoms with Gasteiger partial charge in [0.25, 0.3) is 8.32 Å². The van der Waals surface area contributed by atoms with Crippen molar-refractivity contribution in [2.45, 2.75) is 104 Å². The molecule has 3 atom stereocenters.